The van der Waals surface area contributed by atoms with Gasteiger partial charge in [0, 0.05) is 22.0 Å². The fourth-order valence-electron chi connectivity index (χ4n) is 4.12. The van der Waals surface area contributed by atoms with Gasteiger partial charge in [-0.2, -0.15) is 0 Å². The van der Waals surface area contributed by atoms with Gasteiger partial charge in [0.25, 0.3) is 5.91 Å². The quantitative estimate of drug-likeness (QED) is 0.360. The summed E-state index contributed by atoms with van der Waals surface area (Å²) in [6, 6.07) is 12.4. The molecule has 172 valence electrons. The van der Waals surface area contributed by atoms with Crippen molar-refractivity contribution in [1.29, 1.82) is 0 Å². The lowest BCUT2D eigenvalue weighted by atomic mass is 9.94. The number of carbonyl (C=O) groups is 2. The number of hydrogen-bond donors (Lipinski definition) is 1. The summed E-state index contributed by atoms with van der Waals surface area (Å²) in [5.74, 6) is -2.46. The number of nitrogens with zero attached hydrogens (tertiary/aromatic N) is 1. The Morgan fingerprint density at radius 1 is 1.21 bits per heavy atom. The topological polar surface area (TPSA) is 93.1 Å². The van der Waals surface area contributed by atoms with E-state index >= 15 is 0 Å². The molecule has 7 nitrogen and oxygen atoms in total. The van der Waals surface area contributed by atoms with E-state index in [0.29, 0.717) is 21.9 Å². The number of aliphatic hydroxyl groups excluding tert-OH is 1. The highest BCUT2D eigenvalue weighted by atomic mass is 35.5. The molecule has 4 aromatic rings. The zero-order valence-electron chi connectivity index (χ0n) is 17.7. The van der Waals surface area contributed by atoms with Crippen molar-refractivity contribution in [3.05, 3.63) is 100 Å². The Morgan fingerprint density at radius 2 is 2.00 bits per heavy atom. The molecule has 0 saturated carbocycles. The predicted octanol–water partition coefficient (Wildman–Crippen LogP) is 5.61. The molecular formula is C25H17ClFNO6. The zero-order chi connectivity index (χ0) is 24.0. The number of Topliss-reactive ketones (excluding diaryl/α,β-unsaturated/α-hetero) is 1. The van der Waals surface area contributed by atoms with E-state index in [2.05, 4.69) is 0 Å². The van der Waals surface area contributed by atoms with Gasteiger partial charge in [-0.05, 0) is 30.3 Å². The Hall–Kier alpha value is -4.04. The molecule has 1 aliphatic heterocycles. The van der Waals surface area contributed by atoms with E-state index in [1.54, 1.807) is 24.3 Å². The number of halogens is 2. The first kappa shape index (κ1) is 21.8. The maximum Gasteiger partial charge on any atom is 0.290 e. The summed E-state index contributed by atoms with van der Waals surface area (Å²) < 4.78 is 31.2. The van der Waals surface area contributed by atoms with Gasteiger partial charge in [-0.1, -0.05) is 29.8 Å². The van der Waals surface area contributed by atoms with E-state index in [-0.39, 0.29) is 29.0 Å². The molecule has 3 heterocycles. The first-order valence-electron chi connectivity index (χ1n) is 10.2. The fourth-order valence-corrected chi connectivity index (χ4v) is 4.34. The third-order valence-electron chi connectivity index (χ3n) is 5.65. The first-order valence-corrected chi connectivity index (χ1v) is 10.6. The molecule has 0 radical (unpaired) electrons. The van der Waals surface area contributed by atoms with Crippen LogP contribution in [-0.2, 0) is 11.3 Å². The molecule has 1 amide bonds. The number of ether oxygens (including phenoxy) is 1. The number of hydrogen-bond acceptors (Lipinski definition) is 6. The minimum Gasteiger partial charge on any atom is -0.503 e. The van der Waals surface area contributed by atoms with Crippen molar-refractivity contribution < 1.29 is 32.7 Å². The normalized spacial score (nSPS) is 16.0. The molecule has 9 heteroatoms. The van der Waals surface area contributed by atoms with Crippen LogP contribution < -0.4 is 4.74 Å². The maximum absolute atomic E-state index is 14.9. The highest BCUT2D eigenvalue weighted by molar-refractivity contribution is 6.31. The lowest BCUT2D eigenvalue weighted by Crippen LogP contribution is -2.31. The molecule has 0 aliphatic carbocycles. The predicted molar refractivity (Wildman–Crippen MR) is 120 cm³/mol. The summed E-state index contributed by atoms with van der Waals surface area (Å²) in [4.78, 5) is 27.8. The Kier molecular flexibility index (Phi) is 5.37. The Morgan fingerprint density at radius 3 is 2.71 bits per heavy atom. The lowest BCUT2D eigenvalue weighted by Gasteiger charge is -2.26. The molecule has 0 spiro atoms. The molecule has 1 unspecified atom stereocenters. The minimum atomic E-state index is -1.20. The van der Waals surface area contributed by atoms with Gasteiger partial charge in [-0.25, -0.2) is 4.39 Å². The van der Waals surface area contributed by atoms with Gasteiger partial charge >= 0.3 is 0 Å². The average molecular weight is 482 g/mol. The average Bonchev–Trinajstić information content (AvgIpc) is 3.54. The summed E-state index contributed by atoms with van der Waals surface area (Å²) in [5.41, 5.74) is 0.0202. The van der Waals surface area contributed by atoms with Crippen molar-refractivity contribution in [3.63, 3.8) is 0 Å². The van der Waals surface area contributed by atoms with Gasteiger partial charge in [0.15, 0.2) is 22.9 Å². The van der Waals surface area contributed by atoms with Crippen LogP contribution in [0, 0.1) is 5.82 Å². The molecule has 0 bridgehead atoms. The van der Waals surface area contributed by atoms with E-state index in [9.17, 15) is 19.1 Å². The van der Waals surface area contributed by atoms with E-state index in [1.165, 1.54) is 48.6 Å². The monoisotopic (exact) mass is 481 g/mol. The summed E-state index contributed by atoms with van der Waals surface area (Å²) >= 11 is 6.11. The maximum atomic E-state index is 14.9. The molecular weight excluding hydrogens is 465 g/mol. The highest BCUT2D eigenvalue weighted by Crippen LogP contribution is 2.42. The zero-order valence-corrected chi connectivity index (χ0v) is 18.5. The van der Waals surface area contributed by atoms with Gasteiger partial charge in [0.05, 0.1) is 31.5 Å². The fraction of sp³-hybridized carbons (Fsp3) is 0.120. The van der Waals surface area contributed by atoms with Crippen molar-refractivity contribution >= 4 is 34.3 Å². The Bertz CT molecular complexity index is 1460. The SMILES string of the molecule is COc1cc(Cl)cc2cc(C(=O)C3=C(O)C(=O)N(Cc4ccco4)C3c3ccccc3F)oc12. The van der Waals surface area contributed by atoms with Gasteiger partial charge in [-0.3, -0.25) is 9.59 Å². The number of benzene rings is 2. The standard InChI is InChI=1S/C25H17ClFNO6/c1-32-19-11-14(26)9-13-10-18(34-24(13)19)22(29)20-21(16-6-2-3-7-17(16)27)28(25(31)23(20)30)12-15-5-4-8-33-15/h2-11,21,30H,12H2,1H3. The molecule has 1 aliphatic rings. The van der Waals surface area contributed by atoms with Crippen LogP contribution in [-0.4, -0.2) is 28.8 Å². The molecule has 1 atom stereocenters. The number of amides is 1. The van der Waals surface area contributed by atoms with Crippen LogP contribution in [0.15, 0.2) is 81.0 Å². The highest BCUT2D eigenvalue weighted by Gasteiger charge is 2.45. The van der Waals surface area contributed by atoms with E-state index in [1.807, 2.05) is 0 Å². The van der Waals surface area contributed by atoms with Gasteiger partial charge in [-0.15, -0.1) is 0 Å². The summed E-state index contributed by atoms with van der Waals surface area (Å²) in [7, 11) is 1.43. The van der Waals surface area contributed by atoms with Gasteiger partial charge in [0.1, 0.15) is 11.6 Å². The van der Waals surface area contributed by atoms with Crippen molar-refractivity contribution in [2.45, 2.75) is 12.6 Å². The van der Waals surface area contributed by atoms with E-state index in [4.69, 9.17) is 25.2 Å². The molecule has 2 aromatic carbocycles. The Balaban J connectivity index is 1.63. The Labute approximate surface area is 197 Å². The second kappa shape index (κ2) is 8.39. The van der Waals surface area contributed by atoms with Crippen LogP contribution >= 0.6 is 11.6 Å². The van der Waals surface area contributed by atoms with Crippen LogP contribution in [0.4, 0.5) is 4.39 Å². The second-order valence-corrected chi connectivity index (χ2v) is 8.10. The third-order valence-corrected chi connectivity index (χ3v) is 5.86. The van der Waals surface area contributed by atoms with Crippen molar-refractivity contribution in [2.24, 2.45) is 0 Å². The number of ketones is 1. The molecule has 2 aromatic heterocycles. The van der Waals surface area contributed by atoms with Crippen LogP contribution in [0.5, 0.6) is 5.75 Å². The largest absolute Gasteiger partial charge is 0.503 e. The number of fused-ring (bicyclic) bond motifs is 1. The smallest absolute Gasteiger partial charge is 0.290 e. The van der Waals surface area contributed by atoms with Crippen molar-refractivity contribution in [2.75, 3.05) is 7.11 Å². The van der Waals surface area contributed by atoms with Crippen LogP contribution in [0.25, 0.3) is 11.0 Å². The van der Waals surface area contributed by atoms with E-state index in [0.717, 1.165) is 0 Å². The number of rotatable bonds is 6. The number of methoxy groups -OCH3 is 1. The van der Waals surface area contributed by atoms with Crippen molar-refractivity contribution in [1.82, 2.24) is 4.90 Å². The molecule has 34 heavy (non-hydrogen) atoms. The first-order chi connectivity index (χ1) is 16.4. The molecule has 5 rings (SSSR count). The van der Waals surface area contributed by atoms with E-state index < -0.39 is 29.3 Å². The lowest BCUT2D eigenvalue weighted by molar-refractivity contribution is -0.130. The third kappa shape index (κ3) is 3.52. The minimum absolute atomic E-state index is 0.0477. The summed E-state index contributed by atoms with van der Waals surface area (Å²) in [5, 5.41) is 11.6. The van der Waals surface area contributed by atoms with Crippen LogP contribution in [0.2, 0.25) is 5.02 Å². The number of furan rings is 2. The molecule has 0 fully saturated rings. The second-order valence-electron chi connectivity index (χ2n) is 7.66. The number of aliphatic hydroxyl groups is 1. The van der Waals surface area contributed by atoms with Crippen LogP contribution in [0.1, 0.15) is 27.9 Å². The number of carbonyl (C=O) groups excluding carboxylic acids is 2. The van der Waals surface area contributed by atoms with Crippen LogP contribution in [0.3, 0.4) is 0 Å². The van der Waals surface area contributed by atoms with Gasteiger partial charge in [0.2, 0.25) is 5.78 Å². The molecule has 0 saturated heterocycles. The summed E-state index contributed by atoms with van der Waals surface area (Å²) in [6.45, 7) is -0.0881. The van der Waals surface area contributed by atoms with Crippen molar-refractivity contribution in [3.8, 4) is 5.75 Å². The molecule has 1 N–H and O–H groups in total. The van der Waals surface area contributed by atoms with Gasteiger partial charge < -0.3 is 23.6 Å². The summed E-state index contributed by atoms with van der Waals surface area (Å²) in [6.07, 6.45) is 1.43.